The lowest BCUT2D eigenvalue weighted by atomic mass is 10.2. The minimum Gasteiger partial charge on any atom is -0.507 e. The van der Waals surface area contributed by atoms with E-state index in [1.807, 2.05) is 0 Å². The van der Waals surface area contributed by atoms with E-state index in [9.17, 15) is 9.90 Å². The second kappa shape index (κ2) is 6.37. The predicted octanol–water partition coefficient (Wildman–Crippen LogP) is 2.34. The Morgan fingerprint density at radius 2 is 2.25 bits per heavy atom. The molecule has 16 heavy (non-hydrogen) atoms. The van der Waals surface area contributed by atoms with Crippen LogP contribution in [-0.2, 0) is 4.74 Å². The Hall–Kier alpha value is -1.23. The molecule has 0 spiro atoms. The lowest BCUT2D eigenvalue weighted by Gasteiger charge is -2.07. The van der Waals surface area contributed by atoms with Crippen LogP contribution < -0.4 is 4.74 Å². The molecule has 0 radical (unpaired) electrons. The topological polar surface area (TPSA) is 55.8 Å². The summed E-state index contributed by atoms with van der Waals surface area (Å²) in [4.78, 5) is 11.2. The minimum absolute atomic E-state index is 0.135. The number of esters is 1. The summed E-state index contributed by atoms with van der Waals surface area (Å²) < 4.78 is 9.86. The van der Waals surface area contributed by atoms with Crippen molar-refractivity contribution >= 4 is 21.9 Å². The molecule has 1 N–H and O–H groups in total. The molecule has 1 rings (SSSR count). The highest BCUT2D eigenvalue weighted by atomic mass is 79.9. The van der Waals surface area contributed by atoms with Crippen LogP contribution in [0.2, 0.25) is 0 Å². The summed E-state index contributed by atoms with van der Waals surface area (Å²) in [7, 11) is 1.27. The Kier molecular flexibility index (Phi) is 5.11. The first-order valence-corrected chi connectivity index (χ1v) is 5.91. The van der Waals surface area contributed by atoms with Crippen LogP contribution in [0.4, 0.5) is 0 Å². The fraction of sp³-hybridized carbons (Fsp3) is 0.364. The maximum atomic E-state index is 11.2. The second-order valence-electron chi connectivity index (χ2n) is 3.06. The highest BCUT2D eigenvalue weighted by Crippen LogP contribution is 2.24. The van der Waals surface area contributed by atoms with Crippen LogP contribution in [0.15, 0.2) is 18.2 Å². The monoisotopic (exact) mass is 288 g/mol. The van der Waals surface area contributed by atoms with Gasteiger partial charge in [-0.2, -0.15) is 0 Å². The van der Waals surface area contributed by atoms with Gasteiger partial charge < -0.3 is 14.6 Å². The molecule has 0 aromatic heterocycles. The number of hydrogen-bond acceptors (Lipinski definition) is 4. The van der Waals surface area contributed by atoms with Crippen molar-refractivity contribution in [1.29, 1.82) is 0 Å². The molecule has 5 heteroatoms. The molecule has 0 heterocycles. The van der Waals surface area contributed by atoms with Gasteiger partial charge in [0.25, 0.3) is 0 Å². The van der Waals surface area contributed by atoms with Gasteiger partial charge in [-0.05, 0) is 18.6 Å². The Bertz CT molecular complexity index is 365. The number of phenolic OH excluding ortho intramolecular Hbond substituents is 1. The first-order valence-electron chi connectivity index (χ1n) is 4.79. The molecule has 0 fully saturated rings. The van der Waals surface area contributed by atoms with Crippen LogP contribution in [0, 0.1) is 0 Å². The largest absolute Gasteiger partial charge is 0.507 e. The summed E-state index contributed by atoms with van der Waals surface area (Å²) in [6.07, 6.45) is 0.875. The number of alkyl halides is 1. The summed E-state index contributed by atoms with van der Waals surface area (Å²) in [5.41, 5.74) is 0.135. The van der Waals surface area contributed by atoms with Crippen molar-refractivity contribution in [2.75, 3.05) is 19.0 Å². The standard InChI is InChI=1S/C11H13BrO4/c1-15-11(14)9-4-3-8(7-10(9)13)16-6-2-5-12/h3-4,7,13H,2,5-6H2,1H3. The Morgan fingerprint density at radius 3 is 2.81 bits per heavy atom. The minimum atomic E-state index is -0.565. The molecular weight excluding hydrogens is 276 g/mol. The van der Waals surface area contributed by atoms with E-state index < -0.39 is 5.97 Å². The third-order valence-corrected chi connectivity index (χ3v) is 2.48. The summed E-state index contributed by atoms with van der Waals surface area (Å²) in [6.45, 7) is 0.558. The van der Waals surface area contributed by atoms with Gasteiger partial charge in [0.2, 0.25) is 0 Å². The van der Waals surface area contributed by atoms with Gasteiger partial charge in [-0.3, -0.25) is 0 Å². The maximum absolute atomic E-state index is 11.2. The van der Waals surface area contributed by atoms with Gasteiger partial charge in [-0.1, -0.05) is 15.9 Å². The number of halogens is 1. The van der Waals surface area contributed by atoms with Gasteiger partial charge in [0.1, 0.15) is 17.1 Å². The zero-order valence-electron chi connectivity index (χ0n) is 8.90. The van der Waals surface area contributed by atoms with E-state index in [1.165, 1.54) is 19.2 Å². The molecule has 0 amide bonds. The van der Waals surface area contributed by atoms with Gasteiger partial charge in [0.05, 0.1) is 13.7 Å². The van der Waals surface area contributed by atoms with Gasteiger partial charge in [0.15, 0.2) is 0 Å². The van der Waals surface area contributed by atoms with Gasteiger partial charge >= 0.3 is 5.97 Å². The van der Waals surface area contributed by atoms with E-state index in [4.69, 9.17) is 4.74 Å². The Morgan fingerprint density at radius 1 is 1.50 bits per heavy atom. The molecule has 88 valence electrons. The third kappa shape index (κ3) is 3.41. The number of hydrogen-bond donors (Lipinski definition) is 1. The SMILES string of the molecule is COC(=O)c1ccc(OCCCBr)cc1O. The summed E-state index contributed by atoms with van der Waals surface area (Å²) in [6, 6.07) is 4.51. The van der Waals surface area contributed by atoms with Crippen LogP contribution in [-0.4, -0.2) is 30.1 Å². The zero-order chi connectivity index (χ0) is 12.0. The zero-order valence-corrected chi connectivity index (χ0v) is 10.5. The smallest absolute Gasteiger partial charge is 0.341 e. The molecule has 0 aliphatic rings. The van der Waals surface area contributed by atoms with Crippen LogP contribution in [0.5, 0.6) is 11.5 Å². The van der Waals surface area contributed by atoms with Crippen LogP contribution in [0.1, 0.15) is 16.8 Å². The van der Waals surface area contributed by atoms with Gasteiger partial charge in [-0.25, -0.2) is 4.79 Å². The number of carbonyl (C=O) groups excluding carboxylic acids is 1. The fourth-order valence-corrected chi connectivity index (χ4v) is 1.36. The van der Waals surface area contributed by atoms with Gasteiger partial charge in [-0.15, -0.1) is 0 Å². The molecule has 0 aliphatic heterocycles. The van der Waals surface area contributed by atoms with Crippen molar-refractivity contribution in [1.82, 2.24) is 0 Å². The highest BCUT2D eigenvalue weighted by molar-refractivity contribution is 9.09. The van der Waals surface area contributed by atoms with Crippen molar-refractivity contribution in [3.05, 3.63) is 23.8 Å². The average molecular weight is 289 g/mol. The van der Waals surface area contributed by atoms with Gasteiger partial charge in [0, 0.05) is 11.4 Å². The molecule has 4 nitrogen and oxygen atoms in total. The Balaban J connectivity index is 2.71. The normalized spacial score (nSPS) is 9.88. The van der Waals surface area contributed by atoms with Crippen molar-refractivity contribution in [3.63, 3.8) is 0 Å². The van der Waals surface area contributed by atoms with E-state index in [0.717, 1.165) is 11.8 Å². The summed E-state index contributed by atoms with van der Waals surface area (Å²) in [5, 5.41) is 10.4. The molecule has 0 atom stereocenters. The van der Waals surface area contributed by atoms with E-state index in [0.29, 0.717) is 12.4 Å². The van der Waals surface area contributed by atoms with Crippen LogP contribution in [0.3, 0.4) is 0 Å². The second-order valence-corrected chi connectivity index (χ2v) is 3.85. The first-order chi connectivity index (χ1) is 7.69. The van der Waals surface area contributed by atoms with Crippen LogP contribution >= 0.6 is 15.9 Å². The number of ether oxygens (including phenoxy) is 2. The first kappa shape index (κ1) is 12.8. The number of carbonyl (C=O) groups is 1. The predicted molar refractivity (Wildman–Crippen MR) is 63.4 cm³/mol. The number of benzene rings is 1. The number of rotatable bonds is 5. The van der Waals surface area contributed by atoms with Crippen LogP contribution in [0.25, 0.3) is 0 Å². The number of methoxy groups -OCH3 is 1. The Labute approximate surface area is 102 Å². The lowest BCUT2D eigenvalue weighted by molar-refractivity contribution is 0.0597. The average Bonchev–Trinajstić information content (AvgIpc) is 2.29. The quantitative estimate of drug-likeness (QED) is 0.513. The third-order valence-electron chi connectivity index (χ3n) is 1.92. The maximum Gasteiger partial charge on any atom is 0.341 e. The molecular formula is C11H13BrO4. The van der Waals surface area contributed by atoms with Crippen molar-refractivity contribution < 1.29 is 19.4 Å². The van der Waals surface area contributed by atoms with E-state index in [2.05, 4.69) is 20.7 Å². The molecule has 0 bridgehead atoms. The molecule has 0 saturated heterocycles. The summed E-state index contributed by atoms with van der Waals surface area (Å²) in [5.74, 6) is -0.168. The highest BCUT2D eigenvalue weighted by Gasteiger charge is 2.11. The van der Waals surface area contributed by atoms with E-state index >= 15 is 0 Å². The number of phenols is 1. The molecule has 1 aromatic carbocycles. The van der Waals surface area contributed by atoms with E-state index in [-0.39, 0.29) is 11.3 Å². The fourth-order valence-electron chi connectivity index (χ4n) is 1.13. The lowest BCUT2D eigenvalue weighted by Crippen LogP contribution is -2.02. The summed E-state index contributed by atoms with van der Waals surface area (Å²) >= 11 is 3.29. The molecule has 0 unspecified atom stereocenters. The van der Waals surface area contributed by atoms with Crippen molar-refractivity contribution in [3.8, 4) is 11.5 Å². The molecule has 0 aliphatic carbocycles. The van der Waals surface area contributed by atoms with Crippen molar-refractivity contribution in [2.45, 2.75) is 6.42 Å². The van der Waals surface area contributed by atoms with E-state index in [1.54, 1.807) is 6.07 Å². The van der Waals surface area contributed by atoms with Crippen molar-refractivity contribution in [2.24, 2.45) is 0 Å². The number of aromatic hydroxyl groups is 1. The molecule has 1 aromatic rings. The molecule has 0 saturated carbocycles.